The smallest absolute Gasteiger partial charge is 0.319 e. The molecule has 0 aromatic carbocycles. The van der Waals surface area contributed by atoms with Crippen LogP contribution < -0.4 is 0 Å². The third kappa shape index (κ3) is 0.765. The van der Waals surface area contributed by atoms with Crippen LogP contribution in [0.2, 0.25) is 0 Å². The molecule has 2 bridgehead atoms. The fourth-order valence-electron chi connectivity index (χ4n) is 2.53. The van der Waals surface area contributed by atoms with Gasteiger partial charge in [-0.05, 0) is 25.2 Å². The van der Waals surface area contributed by atoms with Gasteiger partial charge < -0.3 is 4.74 Å². The molecule has 3 nitrogen and oxygen atoms in total. The van der Waals surface area contributed by atoms with Gasteiger partial charge in [-0.2, -0.15) is 0 Å². The molecule has 0 unspecified atom stereocenters. The molecule has 0 saturated heterocycles. The van der Waals surface area contributed by atoms with E-state index in [-0.39, 0.29) is 11.8 Å². The first-order chi connectivity index (χ1) is 5.69. The molecule has 0 amide bonds. The van der Waals surface area contributed by atoms with Gasteiger partial charge in [0.15, 0.2) is 0 Å². The summed E-state index contributed by atoms with van der Waals surface area (Å²) in [6, 6.07) is 0. The molecular formula is C9H12O3. The second-order valence-corrected chi connectivity index (χ2v) is 3.81. The van der Waals surface area contributed by atoms with Crippen molar-refractivity contribution in [1.29, 1.82) is 0 Å². The normalized spacial score (nSPS) is 38.8. The van der Waals surface area contributed by atoms with Crippen molar-refractivity contribution in [3.63, 3.8) is 0 Å². The van der Waals surface area contributed by atoms with E-state index >= 15 is 0 Å². The van der Waals surface area contributed by atoms with Gasteiger partial charge in [0, 0.05) is 6.42 Å². The molecule has 0 heterocycles. The molecule has 2 saturated carbocycles. The number of fused-ring (bicyclic) bond motifs is 2. The van der Waals surface area contributed by atoms with E-state index in [2.05, 4.69) is 4.74 Å². The van der Waals surface area contributed by atoms with Crippen LogP contribution in [0.15, 0.2) is 0 Å². The lowest BCUT2D eigenvalue weighted by Gasteiger charge is -2.20. The summed E-state index contributed by atoms with van der Waals surface area (Å²) >= 11 is 0. The molecule has 2 aliphatic rings. The predicted molar refractivity (Wildman–Crippen MR) is 41.4 cm³/mol. The number of carbonyl (C=O) groups is 2. The van der Waals surface area contributed by atoms with E-state index in [4.69, 9.17) is 0 Å². The Morgan fingerprint density at radius 2 is 2.42 bits per heavy atom. The second-order valence-electron chi connectivity index (χ2n) is 3.81. The van der Waals surface area contributed by atoms with Crippen molar-refractivity contribution in [3.8, 4) is 0 Å². The quantitative estimate of drug-likeness (QED) is 0.432. The summed E-state index contributed by atoms with van der Waals surface area (Å²) < 4.78 is 4.67. The van der Waals surface area contributed by atoms with Crippen LogP contribution in [0.3, 0.4) is 0 Å². The molecule has 12 heavy (non-hydrogen) atoms. The SMILES string of the molecule is COC(=O)[C@@]12CC[C@@H](CC1=O)C2. The Morgan fingerprint density at radius 3 is 2.83 bits per heavy atom. The maximum Gasteiger partial charge on any atom is 0.319 e. The number of rotatable bonds is 1. The van der Waals surface area contributed by atoms with E-state index in [0.29, 0.717) is 18.8 Å². The highest BCUT2D eigenvalue weighted by atomic mass is 16.5. The molecule has 2 fully saturated rings. The van der Waals surface area contributed by atoms with Crippen LogP contribution in [0.1, 0.15) is 25.7 Å². The first-order valence-electron chi connectivity index (χ1n) is 4.31. The highest BCUT2D eigenvalue weighted by Gasteiger charge is 2.57. The minimum absolute atomic E-state index is 0.102. The Labute approximate surface area is 71.1 Å². The van der Waals surface area contributed by atoms with Crippen LogP contribution in [0.5, 0.6) is 0 Å². The van der Waals surface area contributed by atoms with E-state index in [0.717, 1.165) is 12.8 Å². The molecule has 0 aromatic rings. The lowest BCUT2D eigenvalue weighted by atomic mass is 9.83. The molecule has 0 aliphatic heterocycles. The van der Waals surface area contributed by atoms with Crippen molar-refractivity contribution in [1.82, 2.24) is 0 Å². The summed E-state index contributed by atoms with van der Waals surface area (Å²) in [6.07, 6.45) is 3.05. The molecular weight excluding hydrogens is 156 g/mol. The van der Waals surface area contributed by atoms with Gasteiger partial charge in [0.05, 0.1) is 7.11 Å². The fourth-order valence-corrected chi connectivity index (χ4v) is 2.53. The Bertz CT molecular complexity index is 246. The minimum Gasteiger partial charge on any atom is -0.468 e. The maximum absolute atomic E-state index is 11.5. The van der Waals surface area contributed by atoms with Crippen molar-refractivity contribution < 1.29 is 14.3 Å². The third-order valence-electron chi connectivity index (χ3n) is 3.20. The summed E-state index contributed by atoms with van der Waals surface area (Å²) in [4.78, 5) is 22.8. The van der Waals surface area contributed by atoms with E-state index in [9.17, 15) is 9.59 Å². The zero-order chi connectivity index (χ0) is 8.77. The zero-order valence-electron chi connectivity index (χ0n) is 7.13. The zero-order valence-corrected chi connectivity index (χ0v) is 7.13. The summed E-state index contributed by atoms with van der Waals surface area (Å²) in [5.74, 6) is 0.245. The lowest BCUT2D eigenvalue weighted by molar-refractivity contribution is -0.156. The van der Waals surface area contributed by atoms with Gasteiger partial charge in [-0.1, -0.05) is 0 Å². The second kappa shape index (κ2) is 2.31. The van der Waals surface area contributed by atoms with Crippen molar-refractivity contribution in [2.24, 2.45) is 11.3 Å². The number of hydrogen-bond donors (Lipinski definition) is 0. The molecule has 0 spiro atoms. The van der Waals surface area contributed by atoms with E-state index < -0.39 is 5.41 Å². The number of Topliss-reactive ketones (excluding diaryl/α,β-unsaturated/α-hetero) is 1. The van der Waals surface area contributed by atoms with Crippen LogP contribution in [0.25, 0.3) is 0 Å². The summed E-state index contributed by atoms with van der Waals surface area (Å²) in [7, 11) is 1.36. The van der Waals surface area contributed by atoms with Crippen molar-refractivity contribution in [2.45, 2.75) is 25.7 Å². The fraction of sp³-hybridized carbons (Fsp3) is 0.778. The van der Waals surface area contributed by atoms with Gasteiger partial charge in [-0.25, -0.2) is 0 Å². The lowest BCUT2D eigenvalue weighted by Crippen LogP contribution is -2.35. The summed E-state index contributed by atoms with van der Waals surface area (Å²) in [5, 5.41) is 0. The van der Waals surface area contributed by atoms with Gasteiger partial charge in [0.2, 0.25) is 0 Å². The van der Waals surface area contributed by atoms with Gasteiger partial charge >= 0.3 is 5.97 Å². The number of esters is 1. The van der Waals surface area contributed by atoms with Crippen LogP contribution in [-0.4, -0.2) is 18.9 Å². The number of hydrogen-bond acceptors (Lipinski definition) is 3. The Kier molecular flexibility index (Phi) is 1.50. The summed E-state index contributed by atoms with van der Waals surface area (Å²) in [6.45, 7) is 0. The standard InChI is InChI=1S/C9H12O3/c1-12-8(11)9-3-2-6(5-9)4-7(9)10/h6H,2-5H2,1H3/t6-,9+/m0/s1. The van der Waals surface area contributed by atoms with Crippen molar-refractivity contribution >= 4 is 11.8 Å². The Morgan fingerprint density at radius 1 is 1.67 bits per heavy atom. The number of ketones is 1. The van der Waals surface area contributed by atoms with Crippen LogP contribution in [0.4, 0.5) is 0 Å². The van der Waals surface area contributed by atoms with Crippen LogP contribution in [0, 0.1) is 11.3 Å². The molecule has 0 aromatic heterocycles. The third-order valence-corrected chi connectivity index (χ3v) is 3.20. The Balaban J connectivity index is 2.29. The molecule has 0 radical (unpaired) electrons. The predicted octanol–water partition coefficient (Wildman–Crippen LogP) is 0.919. The number of methoxy groups -OCH3 is 1. The van der Waals surface area contributed by atoms with Gasteiger partial charge in [0.1, 0.15) is 11.2 Å². The van der Waals surface area contributed by atoms with Crippen molar-refractivity contribution in [2.75, 3.05) is 7.11 Å². The molecule has 2 atom stereocenters. The van der Waals surface area contributed by atoms with E-state index in [1.54, 1.807) is 0 Å². The molecule has 2 rings (SSSR count). The Hall–Kier alpha value is -0.860. The molecule has 3 heteroatoms. The maximum atomic E-state index is 11.5. The monoisotopic (exact) mass is 168 g/mol. The van der Waals surface area contributed by atoms with Crippen LogP contribution in [-0.2, 0) is 14.3 Å². The average Bonchev–Trinajstić information content (AvgIpc) is 2.60. The van der Waals surface area contributed by atoms with Gasteiger partial charge in [-0.15, -0.1) is 0 Å². The molecule has 2 aliphatic carbocycles. The van der Waals surface area contributed by atoms with Crippen LogP contribution >= 0.6 is 0 Å². The molecule has 66 valence electrons. The topological polar surface area (TPSA) is 43.4 Å². The molecule has 0 N–H and O–H groups in total. The van der Waals surface area contributed by atoms with Crippen molar-refractivity contribution in [3.05, 3.63) is 0 Å². The van der Waals surface area contributed by atoms with E-state index in [1.807, 2.05) is 0 Å². The average molecular weight is 168 g/mol. The first kappa shape index (κ1) is 7.77. The summed E-state index contributed by atoms with van der Waals surface area (Å²) in [5.41, 5.74) is -0.723. The van der Waals surface area contributed by atoms with E-state index in [1.165, 1.54) is 7.11 Å². The number of ether oxygens (including phenoxy) is 1. The van der Waals surface area contributed by atoms with Gasteiger partial charge in [0.25, 0.3) is 0 Å². The first-order valence-corrected chi connectivity index (χ1v) is 4.31. The highest BCUT2D eigenvalue weighted by molar-refractivity contribution is 6.06. The largest absolute Gasteiger partial charge is 0.468 e. The minimum atomic E-state index is -0.723. The highest BCUT2D eigenvalue weighted by Crippen LogP contribution is 2.52. The van der Waals surface area contributed by atoms with Gasteiger partial charge in [-0.3, -0.25) is 9.59 Å². The number of carbonyl (C=O) groups excluding carboxylic acids is 2.